The number of fused-ring (bicyclic) bond motifs is 18. The van der Waals surface area contributed by atoms with Crippen molar-refractivity contribution in [1.82, 2.24) is 15.0 Å². The Morgan fingerprint density at radius 3 is 0.896 bits per heavy atom. The van der Waals surface area contributed by atoms with Crippen LogP contribution in [0.4, 0.5) is 0 Å². The van der Waals surface area contributed by atoms with Crippen molar-refractivity contribution in [2.45, 2.75) is 0 Å². The topological polar surface area (TPSA) is 91.2 Å². The molecule has 0 aliphatic heterocycles. The van der Waals surface area contributed by atoms with E-state index in [1.54, 1.807) is 0 Å². The zero-order chi connectivity index (χ0) is 63.2. The van der Waals surface area contributed by atoms with Gasteiger partial charge in [0.15, 0.2) is 5.82 Å². The van der Waals surface area contributed by atoms with Crippen LogP contribution in [0.5, 0.6) is 0 Å². The maximum atomic E-state index is 6.60. The molecule has 14 aromatic carbocycles. The molecular formula is C89H53N3O4. The summed E-state index contributed by atoms with van der Waals surface area (Å²) in [7, 11) is 0. The molecule has 96 heavy (non-hydrogen) atoms. The molecular weight excluding hydrogens is 1170 g/mol. The van der Waals surface area contributed by atoms with Gasteiger partial charge < -0.3 is 17.7 Å². The molecule has 0 aliphatic rings. The highest BCUT2D eigenvalue weighted by Gasteiger charge is 2.23. The molecule has 0 spiro atoms. The number of nitrogens with zero attached hydrogens (tertiary/aromatic N) is 3. The lowest BCUT2D eigenvalue weighted by molar-refractivity contribution is 0.663. The second-order valence-electron chi connectivity index (χ2n) is 24.4. The molecule has 0 saturated carbocycles. The molecule has 0 saturated heterocycles. The number of para-hydroxylation sites is 2. The van der Waals surface area contributed by atoms with Crippen LogP contribution in [-0.2, 0) is 0 Å². The van der Waals surface area contributed by atoms with Gasteiger partial charge in [0.2, 0.25) is 0 Å². The van der Waals surface area contributed by atoms with Gasteiger partial charge in [-0.25, -0.2) is 15.0 Å². The van der Waals surface area contributed by atoms with Crippen molar-refractivity contribution in [3.63, 3.8) is 0 Å². The SMILES string of the molecule is c1ccc(-c2cc(-c3ccc(-c4cc5oc6ccc7oc8ccccc8c7c6c5c5ccccc45)cc3)nc(-c3ccccc3)n2)cc1.c1ccc(-c2cc(-c3ccccc3)nc(-c3ccc(-c4cc5oc6ccc7oc8ccccc8c7c6c5c5ccccc45)cc3)c2)cc1. The first-order valence-electron chi connectivity index (χ1n) is 32.3. The fourth-order valence-electron chi connectivity index (χ4n) is 14.3. The minimum absolute atomic E-state index is 0.705. The first-order valence-corrected chi connectivity index (χ1v) is 32.3. The average Bonchev–Trinajstić information content (AvgIpc) is 1.82. The van der Waals surface area contributed by atoms with E-state index in [2.05, 4.69) is 231 Å². The van der Waals surface area contributed by atoms with Crippen LogP contribution in [-0.4, -0.2) is 15.0 Å². The van der Waals surface area contributed by atoms with Gasteiger partial charge in [-0.3, -0.25) is 0 Å². The van der Waals surface area contributed by atoms with Gasteiger partial charge in [0.25, 0.3) is 0 Å². The Balaban J connectivity index is 0.000000135. The normalized spacial score (nSPS) is 11.8. The maximum Gasteiger partial charge on any atom is 0.160 e. The minimum Gasteiger partial charge on any atom is -0.456 e. The van der Waals surface area contributed by atoms with E-state index in [9.17, 15) is 0 Å². The second kappa shape index (κ2) is 22.4. The van der Waals surface area contributed by atoms with Crippen molar-refractivity contribution in [2.24, 2.45) is 0 Å². The summed E-state index contributed by atoms with van der Waals surface area (Å²) in [6.07, 6.45) is 0. The molecule has 6 heterocycles. The lowest BCUT2D eigenvalue weighted by Gasteiger charge is -2.12. The summed E-state index contributed by atoms with van der Waals surface area (Å²) in [6, 6.07) is 111. The molecule has 0 bridgehead atoms. The van der Waals surface area contributed by atoms with Gasteiger partial charge in [0.05, 0.1) is 22.8 Å². The van der Waals surface area contributed by atoms with E-state index in [1.165, 1.54) is 16.3 Å². The van der Waals surface area contributed by atoms with Crippen LogP contribution < -0.4 is 0 Å². The number of aromatic nitrogens is 3. The molecule has 0 radical (unpaired) electrons. The Morgan fingerprint density at radius 2 is 0.469 bits per heavy atom. The van der Waals surface area contributed by atoms with Crippen molar-refractivity contribution in [3.05, 3.63) is 322 Å². The predicted molar refractivity (Wildman–Crippen MR) is 394 cm³/mol. The van der Waals surface area contributed by atoms with E-state index in [4.69, 9.17) is 32.6 Å². The number of benzene rings is 14. The molecule has 0 atom stereocenters. The second-order valence-corrected chi connectivity index (χ2v) is 24.4. The summed E-state index contributed by atoms with van der Waals surface area (Å²) < 4.78 is 25.7. The molecule has 0 amide bonds. The van der Waals surface area contributed by atoms with E-state index in [0.717, 1.165) is 177 Å². The Hall–Kier alpha value is -13.0. The minimum atomic E-state index is 0.705. The van der Waals surface area contributed by atoms with Crippen LogP contribution in [0.15, 0.2) is 339 Å². The Labute approximate surface area is 550 Å². The first kappa shape index (κ1) is 54.7. The molecule has 448 valence electrons. The Bertz CT molecular complexity index is 5900. The number of hydrogen-bond acceptors (Lipinski definition) is 7. The first-order chi connectivity index (χ1) is 47.6. The van der Waals surface area contributed by atoms with Crippen molar-refractivity contribution in [3.8, 4) is 89.8 Å². The molecule has 20 rings (SSSR count). The summed E-state index contributed by atoms with van der Waals surface area (Å²) in [5.74, 6) is 0.705. The van der Waals surface area contributed by atoms with E-state index in [0.29, 0.717) is 5.82 Å². The lowest BCUT2D eigenvalue weighted by Crippen LogP contribution is -1.95. The summed E-state index contributed by atoms with van der Waals surface area (Å²) in [5.41, 5.74) is 22.6. The van der Waals surface area contributed by atoms with E-state index >= 15 is 0 Å². The van der Waals surface area contributed by atoms with E-state index in [1.807, 2.05) is 91.0 Å². The molecule has 20 aromatic rings. The fourth-order valence-corrected chi connectivity index (χ4v) is 14.3. The highest BCUT2D eigenvalue weighted by Crippen LogP contribution is 2.48. The molecule has 0 fully saturated rings. The third kappa shape index (κ3) is 9.24. The van der Waals surface area contributed by atoms with Gasteiger partial charge in [0, 0.05) is 70.9 Å². The van der Waals surface area contributed by atoms with Crippen molar-refractivity contribution in [1.29, 1.82) is 0 Å². The Morgan fingerprint density at radius 1 is 0.167 bits per heavy atom. The van der Waals surface area contributed by atoms with Gasteiger partial charge in [-0.2, -0.15) is 0 Å². The highest BCUT2D eigenvalue weighted by molar-refractivity contribution is 6.33. The highest BCUT2D eigenvalue weighted by atomic mass is 16.3. The number of pyridine rings is 1. The quantitative estimate of drug-likeness (QED) is 0.150. The van der Waals surface area contributed by atoms with Crippen LogP contribution in [0, 0.1) is 0 Å². The van der Waals surface area contributed by atoms with Crippen LogP contribution >= 0.6 is 0 Å². The zero-order valence-corrected chi connectivity index (χ0v) is 51.6. The van der Waals surface area contributed by atoms with E-state index < -0.39 is 0 Å². The summed E-state index contributed by atoms with van der Waals surface area (Å²) in [6.45, 7) is 0. The van der Waals surface area contributed by atoms with Gasteiger partial charge in [-0.05, 0) is 122 Å². The van der Waals surface area contributed by atoms with Crippen LogP contribution in [0.25, 0.3) is 199 Å². The van der Waals surface area contributed by atoms with Crippen LogP contribution in [0.3, 0.4) is 0 Å². The fraction of sp³-hybridized carbons (Fsp3) is 0. The average molecular weight is 1230 g/mol. The molecule has 0 N–H and O–H groups in total. The number of hydrogen-bond donors (Lipinski definition) is 0. The number of furan rings is 4. The molecule has 0 aliphatic carbocycles. The Kier molecular flexibility index (Phi) is 12.8. The molecule has 0 unspecified atom stereocenters. The third-order valence-electron chi connectivity index (χ3n) is 18.8. The van der Waals surface area contributed by atoms with Crippen LogP contribution in [0.1, 0.15) is 0 Å². The summed E-state index contributed by atoms with van der Waals surface area (Å²) >= 11 is 0. The van der Waals surface area contributed by atoms with Gasteiger partial charge in [0.1, 0.15) is 44.7 Å². The summed E-state index contributed by atoms with van der Waals surface area (Å²) in [5, 5.41) is 13.5. The molecule has 6 aromatic heterocycles. The molecule has 7 nitrogen and oxygen atoms in total. The van der Waals surface area contributed by atoms with Crippen molar-refractivity contribution in [2.75, 3.05) is 0 Å². The lowest BCUT2D eigenvalue weighted by atomic mass is 9.93. The smallest absolute Gasteiger partial charge is 0.160 e. The van der Waals surface area contributed by atoms with Gasteiger partial charge in [-0.1, -0.05) is 255 Å². The predicted octanol–water partition coefficient (Wildman–Crippen LogP) is 24.8. The maximum absolute atomic E-state index is 6.60. The van der Waals surface area contributed by atoms with E-state index in [-0.39, 0.29) is 0 Å². The standard InChI is InChI=1S/C45H27NO2.C44H26N2O2/c1-3-11-28(12-4-1)32-25-37(30-13-5-2-6-14-30)46-38(26-32)31-21-19-29(20-22-31)36-27-42-43(34-16-8-7-15-33(34)36)45-41(48-42)24-23-40-44(45)35-17-9-10-18-39(35)47-40;1-3-11-28(12-4-1)35-26-36(46-44(45-35)30-13-5-2-6-14-30)29-21-19-27(20-22-29)34-25-40-41(32-16-8-7-15-31(32)34)43-39(48-40)24-23-38-42(43)33-17-9-10-18-37(33)47-38/h1-27H;1-26H. The van der Waals surface area contributed by atoms with Gasteiger partial charge in [-0.15, -0.1) is 0 Å². The van der Waals surface area contributed by atoms with Crippen molar-refractivity contribution < 1.29 is 17.7 Å². The zero-order valence-electron chi connectivity index (χ0n) is 51.6. The van der Waals surface area contributed by atoms with Crippen molar-refractivity contribution >= 4 is 109 Å². The molecule has 7 heteroatoms. The largest absolute Gasteiger partial charge is 0.456 e. The van der Waals surface area contributed by atoms with Gasteiger partial charge >= 0.3 is 0 Å². The summed E-state index contributed by atoms with van der Waals surface area (Å²) in [4.78, 5) is 15.1. The third-order valence-corrected chi connectivity index (χ3v) is 18.8. The monoisotopic (exact) mass is 1230 g/mol. The number of rotatable bonds is 8. The van der Waals surface area contributed by atoms with Crippen LogP contribution in [0.2, 0.25) is 0 Å².